The number of amides is 3. The summed E-state index contributed by atoms with van der Waals surface area (Å²) in [5.41, 5.74) is 4.70. The third-order valence-corrected chi connectivity index (χ3v) is 5.73. The SMILES string of the molecule is C.COc1ccc(CNCC(=O)Nc2ccc(C#CC#Cc3ccc(C(=O)N[C@H](C(=O)NO)[C@@H](C)O)cc3)cc2)cc1. The molecule has 3 aromatic rings. The molecule has 3 amide bonds. The van der Waals surface area contributed by atoms with Crippen molar-refractivity contribution in [3.8, 4) is 29.4 Å². The standard InChI is InChI=1S/C31H30N4O6.CH4/c1-21(36)29(31(39)35-40)34-30(38)25-13-7-22(8-14-25)5-3-4-6-23-9-15-26(16-10-23)33-28(37)20-32-19-24-11-17-27(41-2)18-12-24;/h7-18,21,29,32,36,40H,19-20H2,1-2H3,(H,33,37)(H,34,38)(H,35,39);1H4/t21-,29+;/m1./s1. The summed E-state index contributed by atoms with van der Waals surface area (Å²) in [5.74, 6) is 10.4. The van der Waals surface area contributed by atoms with Gasteiger partial charge in [0.2, 0.25) is 5.91 Å². The van der Waals surface area contributed by atoms with Gasteiger partial charge in [0.25, 0.3) is 11.8 Å². The topological polar surface area (TPSA) is 149 Å². The van der Waals surface area contributed by atoms with E-state index in [0.29, 0.717) is 17.8 Å². The van der Waals surface area contributed by atoms with Gasteiger partial charge in [-0.25, -0.2) is 5.48 Å². The number of nitrogens with one attached hydrogen (secondary N) is 4. The predicted molar refractivity (Wildman–Crippen MR) is 160 cm³/mol. The molecule has 0 heterocycles. The summed E-state index contributed by atoms with van der Waals surface area (Å²) in [6, 6.07) is 19.7. The number of rotatable bonds is 10. The predicted octanol–water partition coefficient (Wildman–Crippen LogP) is 2.45. The van der Waals surface area contributed by atoms with Crippen molar-refractivity contribution in [2.45, 2.75) is 33.0 Å². The first-order valence-electron chi connectivity index (χ1n) is 12.6. The minimum atomic E-state index is -1.31. The number of hydrogen-bond acceptors (Lipinski definition) is 7. The molecule has 6 N–H and O–H groups in total. The van der Waals surface area contributed by atoms with Gasteiger partial charge in [-0.05, 0) is 85.0 Å². The molecule has 42 heavy (non-hydrogen) atoms. The molecule has 0 aliphatic heterocycles. The molecule has 10 nitrogen and oxygen atoms in total. The van der Waals surface area contributed by atoms with E-state index in [4.69, 9.17) is 9.94 Å². The molecule has 0 radical (unpaired) electrons. The third-order valence-electron chi connectivity index (χ3n) is 5.73. The molecule has 0 bridgehead atoms. The van der Waals surface area contributed by atoms with Gasteiger partial charge >= 0.3 is 0 Å². The number of carbonyl (C=O) groups excluding carboxylic acids is 3. The highest BCUT2D eigenvalue weighted by Gasteiger charge is 2.25. The van der Waals surface area contributed by atoms with Crippen molar-refractivity contribution in [3.63, 3.8) is 0 Å². The highest BCUT2D eigenvalue weighted by molar-refractivity contribution is 5.97. The Bertz CT molecular complexity index is 1460. The molecule has 218 valence electrons. The van der Waals surface area contributed by atoms with Gasteiger partial charge in [-0.15, -0.1) is 0 Å². The van der Waals surface area contributed by atoms with Crippen LogP contribution in [0.3, 0.4) is 0 Å². The van der Waals surface area contributed by atoms with E-state index in [0.717, 1.165) is 16.9 Å². The van der Waals surface area contributed by atoms with Crippen molar-refractivity contribution < 1.29 is 29.4 Å². The van der Waals surface area contributed by atoms with E-state index in [1.807, 2.05) is 24.3 Å². The van der Waals surface area contributed by atoms with E-state index in [-0.39, 0.29) is 25.4 Å². The zero-order valence-electron chi connectivity index (χ0n) is 22.5. The maximum absolute atomic E-state index is 12.3. The Morgan fingerprint density at radius 3 is 1.98 bits per heavy atom. The Balaban J connectivity index is 0.00000616. The van der Waals surface area contributed by atoms with E-state index in [1.54, 1.807) is 43.5 Å². The Hall–Kier alpha value is -5.13. The van der Waals surface area contributed by atoms with Crippen LogP contribution in [0.1, 0.15) is 41.4 Å². The summed E-state index contributed by atoms with van der Waals surface area (Å²) < 4.78 is 5.13. The first-order chi connectivity index (χ1) is 19.8. The molecule has 0 saturated heterocycles. The van der Waals surface area contributed by atoms with Crippen LogP contribution >= 0.6 is 0 Å². The molecule has 10 heteroatoms. The molecular formula is C32H34N4O6. The minimum Gasteiger partial charge on any atom is -0.497 e. The van der Waals surface area contributed by atoms with Crippen LogP contribution in [0.15, 0.2) is 72.8 Å². The molecule has 0 spiro atoms. The van der Waals surface area contributed by atoms with E-state index in [2.05, 4.69) is 39.6 Å². The molecule has 3 aromatic carbocycles. The normalized spacial score (nSPS) is 11.1. The monoisotopic (exact) mass is 570 g/mol. The Morgan fingerprint density at radius 2 is 1.45 bits per heavy atom. The molecule has 3 rings (SSSR count). The van der Waals surface area contributed by atoms with Gasteiger partial charge in [0, 0.05) is 28.9 Å². The molecule has 2 atom stereocenters. The molecular weight excluding hydrogens is 536 g/mol. The second-order valence-electron chi connectivity index (χ2n) is 8.82. The van der Waals surface area contributed by atoms with Crippen LogP contribution in [0.5, 0.6) is 5.75 Å². The fraction of sp³-hybridized carbons (Fsp3) is 0.219. The number of hydroxylamine groups is 1. The van der Waals surface area contributed by atoms with Crippen molar-refractivity contribution in [2.75, 3.05) is 19.0 Å². The van der Waals surface area contributed by atoms with Crippen LogP contribution < -0.4 is 26.2 Å². The maximum atomic E-state index is 12.3. The van der Waals surface area contributed by atoms with E-state index >= 15 is 0 Å². The van der Waals surface area contributed by atoms with Crippen LogP contribution in [0, 0.1) is 23.7 Å². The molecule has 0 aliphatic carbocycles. The van der Waals surface area contributed by atoms with Crippen molar-refractivity contribution in [3.05, 3.63) is 95.1 Å². The lowest BCUT2D eigenvalue weighted by atomic mass is 10.1. The number of hydrogen-bond donors (Lipinski definition) is 6. The fourth-order valence-electron chi connectivity index (χ4n) is 3.52. The largest absolute Gasteiger partial charge is 0.497 e. The van der Waals surface area contributed by atoms with Gasteiger partial charge in [-0.1, -0.05) is 31.4 Å². The highest BCUT2D eigenvalue weighted by atomic mass is 16.5. The molecule has 0 fully saturated rings. The summed E-state index contributed by atoms with van der Waals surface area (Å²) in [7, 11) is 1.61. The van der Waals surface area contributed by atoms with Crippen molar-refractivity contribution >= 4 is 23.4 Å². The van der Waals surface area contributed by atoms with Crippen LogP contribution in [0.25, 0.3) is 0 Å². The Morgan fingerprint density at radius 1 is 0.881 bits per heavy atom. The summed E-state index contributed by atoms with van der Waals surface area (Å²) >= 11 is 0. The first-order valence-corrected chi connectivity index (χ1v) is 12.6. The van der Waals surface area contributed by atoms with Crippen LogP contribution in [0.4, 0.5) is 5.69 Å². The molecule has 0 saturated carbocycles. The number of anilines is 1. The van der Waals surface area contributed by atoms with E-state index in [9.17, 15) is 19.5 Å². The van der Waals surface area contributed by atoms with Gasteiger partial charge < -0.3 is 25.8 Å². The zero-order chi connectivity index (χ0) is 29.6. The highest BCUT2D eigenvalue weighted by Crippen LogP contribution is 2.11. The number of aliphatic hydroxyl groups excluding tert-OH is 1. The first kappa shape index (κ1) is 33.1. The lowest BCUT2D eigenvalue weighted by molar-refractivity contribution is -0.133. The van der Waals surface area contributed by atoms with Crippen LogP contribution in [-0.4, -0.2) is 53.8 Å². The number of aliphatic hydroxyl groups is 1. The summed E-state index contributed by atoms with van der Waals surface area (Å²) in [6.45, 7) is 2.04. The second-order valence-corrected chi connectivity index (χ2v) is 8.82. The number of carbonyl (C=O) groups is 3. The van der Waals surface area contributed by atoms with E-state index < -0.39 is 24.0 Å². The molecule has 0 aromatic heterocycles. The fourth-order valence-corrected chi connectivity index (χ4v) is 3.52. The van der Waals surface area contributed by atoms with E-state index in [1.165, 1.54) is 24.5 Å². The maximum Gasteiger partial charge on any atom is 0.268 e. The summed E-state index contributed by atoms with van der Waals surface area (Å²) in [5, 5.41) is 26.7. The van der Waals surface area contributed by atoms with Gasteiger partial charge in [0.1, 0.15) is 11.8 Å². The third kappa shape index (κ3) is 10.5. The smallest absolute Gasteiger partial charge is 0.268 e. The Labute approximate surface area is 245 Å². The van der Waals surface area contributed by atoms with Crippen LogP contribution in [-0.2, 0) is 16.1 Å². The number of methoxy groups -OCH3 is 1. The van der Waals surface area contributed by atoms with Crippen molar-refractivity contribution in [2.24, 2.45) is 0 Å². The van der Waals surface area contributed by atoms with Gasteiger partial charge in [0.15, 0.2) is 0 Å². The lowest BCUT2D eigenvalue weighted by Gasteiger charge is -2.19. The quantitative estimate of drug-likeness (QED) is 0.125. The lowest BCUT2D eigenvalue weighted by Crippen LogP contribution is -2.51. The molecule has 0 aliphatic rings. The summed E-state index contributed by atoms with van der Waals surface area (Å²) in [6.07, 6.45) is -1.21. The minimum absolute atomic E-state index is 0. The van der Waals surface area contributed by atoms with Crippen LogP contribution in [0.2, 0.25) is 0 Å². The average molecular weight is 571 g/mol. The number of ether oxygens (including phenoxy) is 1. The molecule has 0 unspecified atom stereocenters. The van der Waals surface area contributed by atoms with Crippen molar-refractivity contribution in [1.29, 1.82) is 0 Å². The summed E-state index contributed by atoms with van der Waals surface area (Å²) in [4.78, 5) is 36.1. The number of benzene rings is 3. The van der Waals surface area contributed by atoms with Gasteiger partial charge in [0.05, 0.1) is 19.8 Å². The Kier molecular flexibility index (Phi) is 13.3. The van der Waals surface area contributed by atoms with Crippen molar-refractivity contribution in [1.82, 2.24) is 16.1 Å². The zero-order valence-corrected chi connectivity index (χ0v) is 22.5. The van der Waals surface area contributed by atoms with Gasteiger partial charge in [-0.2, -0.15) is 0 Å². The second kappa shape index (κ2) is 16.9. The average Bonchev–Trinajstić information content (AvgIpc) is 2.99. The van der Waals surface area contributed by atoms with Gasteiger partial charge in [-0.3, -0.25) is 19.6 Å².